The lowest BCUT2D eigenvalue weighted by molar-refractivity contribution is 0.0693. The highest BCUT2D eigenvalue weighted by atomic mass is 16.4. The lowest BCUT2D eigenvalue weighted by Crippen LogP contribution is -2.21. The molecule has 0 spiro atoms. The van der Waals surface area contributed by atoms with Gasteiger partial charge in [0.05, 0.1) is 5.69 Å². The zero-order valence-corrected chi connectivity index (χ0v) is 11.3. The van der Waals surface area contributed by atoms with E-state index < -0.39 is 11.5 Å². The van der Waals surface area contributed by atoms with E-state index in [9.17, 15) is 9.59 Å². The molecule has 0 unspecified atom stereocenters. The Morgan fingerprint density at radius 2 is 1.86 bits per heavy atom. The number of carbonyl (C=O) groups is 1. The lowest BCUT2D eigenvalue weighted by Gasteiger charge is -2.07. The third-order valence-electron chi connectivity index (χ3n) is 3.36. The molecular formula is C16H12N2O3. The second-order valence-corrected chi connectivity index (χ2v) is 4.71. The molecule has 5 heteroatoms. The molecule has 2 N–H and O–H groups in total. The molecule has 0 aliphatic carbocycles. The van der Waals surface area contributed by atoms with Gasteiger partial charge in [0, 0.05) is 5.56 Å². The van der Waals surface area contributed by atoms with E-state index in [1.807, 2.05) is 42.5 Å². The molecule has 1 aromatic heterocycles. The first-order chi connectivity index (χ1) is 10.1. The van der Waals surface area contributed by atoms with E-state index in [2.05, 4.69) is 9.97 Å². The van der Waals surface area contributed by atoms with Gasteiger partial charge in [0.1, 0.15) is 11.4 Å². The number of hydrogen-bond acceptors (Lipinski definition) is 3. The number of rotatable bonds is 2. The molecule has 0 saturated heterocycles. The zero-order valence-electron chi connectivity index (χ0n) is 11.3. The average Bonchev–Trinajstić information content (AvgIpc) is 2.45. The molecule has 21 heavy (non-hydrogen) atoms. The van der Waals surface area contributed by atoms with Crippen LogP contribution in [0.4, 0.5) is 0 Å². The predicted molar refractivity (Wildman–Crippen MR) is 79.5 cm³/mol. The summed E-state index contributed by atoms with van der Waals surface area (Å²) in [6, 6.07) is 13.4. The summed E-state index contributed by atoms with van der Waals surface area (Å²) in [5, 5.41) is 11.0. The third kappa shape index (κ3) is 2.18. The van der Waals surface area contributed by atoms with Crippen molar-refractivity contribution >= 4 is 16.7 Å². The minimum Gasteiger partial charge on any atom is -0.477 e. The number of aromatic amines is 1. The maximum Gasteiger partial charge on any atom is 0.343 e. The van der Waals surface area contributed by atoms with E-state index in [0.29, 0.717) is 5.82 Å². The smallest absolute Gasteiger partial charge is 0.343 e. The van der Waals surface area contributed by atoms with E-state index in [-0.39, 0.29) is 11.3 Å². The molecule has 0 aliphatic rings. The summed E-state index contributed by atoms with van der Waals surface area (Å²) in [5.74, 6) is -0.898. The quantitative estimate of drug-likeness (QED) is 0.755. The van der Waals surface area contributed by atoms with E-state index in [4.69, 9.17) is 5.11 Å². The predicted octanol–water partition coefficient (Wildman–Crippen LogP) is 2.60. The number of carboxylic acids is 1. The summed E-state index contributed by atoms with van der Waals surface area (Å²) in [5.41, 5.74) is 0.0105. The van der Waals surface area contributed by atoms with E-state index in [0.717, 1.165) is 16.3 Å². The maximum absolute atomic E-state index is 11.9. The van der Waals surface area contributed by atoms with Crippen molar-refractivity contribution in [3.05, 3.63) is 64.1 Å². The maximum atomic E-state index is 11.9. The Balaban J connectivity index is 2.30. The number of aromatic nitrogens is 2. The molecule has 3 aromatic rings. The Morgan fingerprint density at radius 1 is 1.14 bits per heavy atom. The number of carboxylic acid groups (broad SMARTS) is 1. The van der Waals surface area contributed by atoms with Crippen LogP contribution in [-0.4, -0.2) is 21.0 Å². The number of H-pyrrole nitrogens is 1. The fraction of sp³-hybridized carbons (Fsp3) is 0.0625. The lowest BCUT2D eigenvalue weighted by atomic mass is 10.0. The third-order valence-corrected chi connectivity index (χ3v) is 3.36. The van der Waals surface area contributed by atoms with Crippen LogP contribution in [0.5, 0.6) is 0 Å². The Hall–Kier alpha value is -2.95. The number of fused-ring (bicyclic) bond motifs is 1. The fourth-order valence-corrected chi connectivity index (χ4v) is 2.40. The summed E-state index contributed by atoms with van der Waals surface area (Å²) in [7, 11) is 0. The van der Waals surface area contributed by atoms with Gasteiger partial charge in [-0.15, -0.1) is 0 Å². The molecule has 0 amide bonds. The molecule has 0 radical (unpaired) electrons. The molecule has 0 saturated carbocycles. The van der Waals surface area contributed by atoms with Crippen LogP contribution in [0.15, 0.2) is 47.3 Å². The molecular weight excluding hydrogens is 268 g/mol. The van der Waals surface area contributed by atoms with Gasteiger partial charge in [-0.1, -0.05) is 42.5 Å². The van der Waals surface area contributed by atoms with Gasteiger partial charge in [-0.2, -0.15) is 0 Å². The summed E-state index contributed by atoms with van der Waals surface area (Å²) in [4.78, 5) is 29.8. The molecule has 104 valence electrons. The number of aromatic carboxylic acids is 1. The molecule has 0 aliphatic heterocycles. The Morgan fingerprint density at radius 3 is 2.57 bits per heavy atom. The normalized spacial score (nSPS) is 10.7. The van der Waals surface area contributed by atoms with Crippen molar-refractivity contribution < 1.29 is 9.90 Å². The van der Waals surface area contributed by atoms with Gasteiger partial charge in [0.25, 0.3) is 5.56 Å². The van der Waals surface area contributed by atoms with Crippen LogP contribution >= 0.6 is 0 Å². The van der Waals surface area contributed by atoms with Crippen molar-refractivity contribution in [3.63, 3.8) is 0 Å². The van der Waals surface area contributed by atoms with Gasteiger partial charge in [-0.3, -0.25) is 4.79 Å². The summed E-state index contributed by atoms with van der Waals surface area (Å²) < 4.78 is 0. The first-order valence-electron chi connectivity index (χ1n) is 6.40. The number of aryl methyl sites for hydroxylation is 1. The zero-order chi connectivity index (χ0) is 15.0. The molecule has 0 bridgehead atoms. The van der Waals surface area contributed by atoms with Crippen molar-refractivity contribution in [2.45, 2.75) is 6.92 Å². The molecule has 0 fully saturated rings. The topological polar surface area (TPSA) is 83.0 Å². The van der Waals surface area contributed by atoms with Crippen molar-refractivity contribution in [2.75, 3.05) is 0 Å². The van der Waals surface area contributed by atoms with E-state index >= 15 is 0 Å². The fourth-order valence-electron chi connectivity index (χ4n) is 2.40. The number of nitrogens with one attached hydrogen (secondary N) is 1. The van der Waals surface area contributed by atoms with Crippen LogP contribution in [0, 0.1) is 6.92 Å². The van der Waals surface area contributed by atoms with Crippen LogP contribution in [0.1, 0.15) is 16.1 Å². The second-order valence-electron chi connectivity index (χ2n) is 4.71. The first-order valence-corrected chi connectivity index (χ1v) is 6.40. The Labute approximate surface area is 119 Å². The van der Waals surface area contributed by atoms with Crippen molar-refractivity contribution in [1.82, 2.24) is 9.97 Å². The molecule has 3 rings (SSSR count). The van der Waals surface area contributed by atoms with Crippen LogP contribution < -0.4 is 5.56 Å². The summed E-state index contributed by atoms with van der Waals surface area (Å²) in [6.07, 6.45) is 0. The van der Waals surface area contributed by atoms with Crippen LogP contribution in [0.3, 0.4) is 0 Å². The summed E-state index contributed by atoms with van der Waals surface area (Å²) in [6.45, 7) is 1.52. The van der Waals surface area contributed by atoms with Crippen molar-refractivity contribution in [3.8, 4) is 11.4 Å². The van der Waals surface area contributed by atoms with Gasteiger partial charge in [0.15, 0.2) is 0 Å². The molecule has 5 nitrogen and oxygen atoms in total. The highest BCUT2D eigenvalue weighted by Crippen LogP contribution is 2.25. The van der Waals surface area contributed by atoms with Gasteiger partial charge < -0.3 is 10.1 Å². The largest absolute Gasteiger partial charge is 0.477 e. The SMILES string of the molecule is Cc1nc(-c2cccc3ccccc23)[nH]c(=O)c1C(=O)O. The highest BCUT2D eigenvalue weighted by Gasteiger charge is 2.16. The minimum absolute atomic E-state index is 0.203. The van der Waals surface area contributed by atoms with E-state index in [1.54, 1.807) is 0 Å². The van der Waals surface area contributed by atoms with Crippen LogP contribution in [0.25, 0.3) is 22.2 Å². The van der Waals surface area contributed by atoms with Crippen LogP contribution in [0.2, 0.25) is 0 Å². The standard InChI is InChI=1S/C16H12N2O3/c1-9-13(16(20)21)15(19)18-14(17-9)12-8-4-6-10-5-2-3-7-11(10)12/h2-8H,1H3,(H,20,21)(H,17,18,19). The van der Waals surface area contributed by atoms with Crippen molar-refractivity contribution in [2.24, 2.45) is 0 Å². The van der Waals surface area contributed by atoms with Gasteiger partial charge >= 0.3 is 5.97 Å². The minimum atomic E-state index is -1.27. The Bertz CT molecular complexity index is 908. The van der Waals surface area contributed by atoms with Crippen LogP contribution in [-0.2, 0) is 0 Å². The highest BCUT2D eigenvalue weighted by molar-refractivity contribution is 5.95. The molecule has 1 heterocycles. The number of hydrogen-bond donors (Lipinski definition) is 2. The Kier molecular flexibility index (Phi) is 3.02. The van der Waals surface area contributed by atoms with Gasteiger partial charge in [-0.25, -0.2) is 9.78 Å². The second kappa shape index (κ2) is 4.86. The molecule has 2 aromatic carbocycles. The van der Waals surface area contributed by atoms with Gasteiger partial charge in [-0.05, 0) is 17.7 Å². The monoisotopic (exact) mass is 280 g/mol. The molecule has 0 atom stereocenters. The average molecular weight is 280 g/mol. The van der Waals surface area contributed by atoms with Crippen molar-refractivity contribution in [1.29, 1.82) is 0 Å². The number of nitrogens with zero attached hydrogens (tertiary/aromatic N) is 1. The number of benzene rings is 2. The summed E-state index contributed by atoms with van der Waals surface area (Å²) >= 11 is 0. The van der Waals surface area contributed by atoms with Gasteiger partial charge in [0.2, 0.25) is 0 Å². The van der Waals surface area contributed by atoms with E-state index in [1.165, 1.54) is 6.92 Å². The first kappa shape index (κ1) is 13.1.